The van der Waals surface area contributed by atoms with Gasteiger partial charge in [0.2, 0.25) is 0 Å². The van der Waals surface area contributed by atoms with Crippen LogP contribution in [0, 0.1) is 0 Å². The lowest BCUT2D eigenvalue weighted by molar-refractivity contribution is -0.123. The fraction of sp³-hybridized carbons (Fsp3) is 0.0625. The van der Waals surface area contributed by atoms with Crippen molar-refractivity contribution in [3.63, 3.8) is 0 Å². The summed E-state index contributed by atoms with van der Waals surface area (Å²) in [5.74, 6) is 0.482. The first-order chi connectivity index (χ1) is 10.1. The van der Waals surface area contributed by atoms with Gasteiger partial charge in [0.1, 0.15) is 11.5 Å². The molecule has 0 saturated heterocycles. The van der Waals surface area contributed by atoms with Crippen LogP contribution in [0.3, 0.4) is 0 Å². The zero-order chi connectivity index (χ0) is 15.1. The van der Waals surface area contributed by atoms with Crippen molar-refractivity contribution in [2.45, 2.75) is 0 Å². The van der Waals surface area contributed by atoms with E-state index in [1.807, 2.05) is 18.2 Å². The summed E-state index contributed by atoms with van der Waals surface area (Å²) in [5, 5.41) is 9.20. The predicted octanol–water partition coefficient (Wildman–Crippen LogP) is 2.06. The van der Waals surface area contributed by atoms with Gasteiger partial charge in [0, 0.05) is 0 Å². The molecule has 21 heavy (non-hydrogen) atoms. The summed E-state index contributed by atoms with van der Waals surface area (Å²) in [5.41, 5.74) is 6.47. The molecular weight excluding hydrogens is 268 g/mol. The van der Waals surface area contributed by atoms with Crippen LogP contribution >= 0.6 is 0 Å². The number of nitrogens with one attached hydrogen (secondary N) is 2. The summed E-state index contributed by atoms with van der Waals surface area (Å²) in [6.45, 7) is 3.70. The van der Waals surface area contributed by atoms with Gasteiger partial charge in [0.05, 0.1) is 5.70 Å². The minimum Gasteiger partial charge on any atom is -0.508 e. The fourth-order valence-corrected chi connectivity index (χ4v) is 1.58. The topological polar surface area (TPSA) is 70.6 Å². The number of benzene rings is 2. The fourth-order valence-electron chi connectivity index (χ4n) is 1.58. The van der Waals surface area contributed by atoms with Crippen LogP contribution in [-0.2, 0) is 4.79 Å². The number of carbonyl (C=O) groups excluding carboxylic acids is 1. The maximum Gasteiger partial charge on any atom is 0.276 e. The van der Waals surface area contributed by atoms with E-state index in [4.69, 9.17) is 4.74 Å². The van der Waals surface area contributed by atoms with Crippen LogP contribution in [0.25, 0.3) is 5.70 Å². The zero-order valence-corrected chi connectivity index (χ0v) is 11.4. The molecule has 0 saturated carbocycles. The molecule has 1 amide bonds. The van der Waals surface area contributed by atoms with E-state index in [9.17, 15) is 9.90 Å². The summed E-state index contributed by atoms with van der Waals surface area (Å²) in [6.07, 6.45) is 0. The number of ether oxygens (including phenoxy) is 1. The Hall–Kier alpha value is -2.95. The Bertz CT molecular complexity index is 609. The van der Waals surface area contributed by atoms with Gasteiger partial charge in [0.25, 0.3) is 5.91 Å². The SMILES string of the molecule is C=C(NNC(=O)COc1ccccc1)c1ccc(O)cc1. The lowest BCUT2D eigenvalue weighted by atomic mass is 10.2. The standard InChI is InChI=1S/C16H16N2O3/c1-12(13-7-9-14(19)10-8-13)17-18-16(20)11-21-15-5-3-2-4-6-15/h2-10,17,19H,1,11H2,(H,18,20). The number of hydrogen-bond donors (Lipinski definition) is 3. The average molecular weight is 284 g/mol. The Morgan fingerprint density at radius 3 is 2.38 bits per heavy atom. The number of para-hydroxylation sites is 1. The summed E-state index contributed by atoms with van der Waals surface area (Å²) >= 11 is 0. The van der Waals surface area contributed by atoms with Crippen molar-refractivity contribution in [1.82, 2.24) is 10.9 Å². The quantitative estimate of drug-likeness (QED) is 0.710. The molecule has 0 bridgehead atoms. The van der Waals surface area contributed by atoms with Crippen molar-refractivity contribution in [1.29, 1.82) is 0 Å². The first-order valence-electron chi connectivity index (χ1n) is 6.36. The van der Waals surface area contributed by atoms with E-state index in [-0.39, 0.29) is 18.3 Å². The summed E-state index contributed by atoms with van der Waals surface area (Å²) in [6, 6.07) is 15.6. The van der Waals surface area contributed by atoms with E-state index in [1.54, 1.807) is 36.4 Å². The molecule has 0 heterocycles. The third kappa shape index (κ3) is 4.58. The zero-order valence-electron chi connectivity index (χ0n) is 11.4. The third-order valence-corrected chi connectivity index (χ3v) is 2.68. The smallest absolute Gasteiger partial charge is 0.276 e. The van der Waals surface area contributed by atoms with Crippen LogP contribution in [0.1, 0.15) is 5.56 Å². The molecule has 0 aliphatic rings. The molecular formula is C16H16N2O3. The molecule has 0 aliphatic carbocycles. The van der Waals surface area contributed by atoms with E-state index < -0.39 is 0 Å². The molecule has 0 fully saturated rings. The molecule has 0 atom stereocenters. The maximum atomic E-state index is 11.6. The van der Waals surface area contributed by atoms with E-state index in [0.29, 0.717) is 11.4 Å². The largest absolute Gasteiger partial charge is 0.508 e. The van der Waals surface area contributed by atoms with Crippen molar-refractivity contribution < 1.29 is 14.6 Å². The van der Waals surface area contributed by atoms with E-state index in [1.165, 1.54) is 0 Å². The summed E-state index contributed by atoms with van der Waals surface area (Å²) < 4.78 is 5.31. The van der Waals surface area contributed by atoms with Crippen molar-refractivity contribution in [2.24, 2.45) is 0 Å². The van der Waals surface area contributed by atoms with Crippen molar-refractivity contribution >= 4 is 11.6 Å². The lowest BCUT2D eigenvalue weighted by Gasteiger charge is -2.12. The molecule has 0 aliphatic heterocycles. The second kappa shape index (κ2) is 7.00. The molecule has 2 aromatic rings. The predicted molar refractivity (Wildman–Crippen MR) is 80.4 cm³/mol. The average Bonchev–Trinajstić information content (AvgIpc) is 2.52. The second-order valence-corrected chi connectivity index (χ2v) is 4.30. The second-order valence-electron chi connectivity index (χ2n) is 4.30. The van der Waals surface area contributed by atoms with Gasteiger partial charge in [-0.25, -0.2) is 0 Å². The summed E-state index contributed by atoms with van der Waals surface area (Å²) in [7, 11) is 0. The van der Waals surface area contributed by atoms with Crippen molar-refractivity contribution in [3.05, 3.63) is 66.7 Å². The molecule has 2 rings (SSSR count). The van der Waals surface area contributed by atoms with Gasteiger partial charge in [0.15, 0.2) is 6.61 Å². The van der Waals surface area contributed by atoms with Crippen LogP contribution in [0.5, 0.6) is 11.5 Å². The highest BCUT2D eigenvalue weighted by molar-refractivity contribution is 5.78. The minimum absolute atomic E-state index is 0.0974. The first-order valence-corrected chi connectivity index (χ1v) is 6.36. The molecule has 5 heteroatoms. The van der Waals surface area contributed by atoms with E-state index in [0.717, 1.165) is 5.56 Å². The van der Waals surface area contributed by atoms with E-state index >= 15 is 0 Å². The van der Waals surface area contributed by atoms with Gasteiger partial charge in [-0.05, 0) is 42.0 Å². The number of rotatable bonds is 6. The third-order valence-electron chi connectivity index (χ3n) is 2.68. The number of amides is 1. The van der Waals surface area contributed by atoms with Crippen molar-refractivity contribution in [2.75, 3.05) is 6.61 Å². The molecule has 5 nitrogen and oxygen atoms in total. The van der Waals surface area contributed by atoms with Gasteiger partial charge >= 0.3 is 0 Å². The molecule has 0 unspecified atom stereocenters. The van der Waals surface area contributed by atoms with Crippen LogP contribution in [0.4, 0.5) is 0 Å². The number of phenols is 1. The highest BCUT2D eigenvalue weighted by atomic mass is 16.5. The van der Waals surface area contributed by atoms with Crippen LogP contribution in [0.15, 0.2) is 61.2 Å². The summed E-state index contributed by atoms with van der Waals surface area (Å²) in [4.78, 5) is 11.6. The Kier molecular flexibility index (Phi) is 4.82. The highest BCUT2D eigenvalue weighted by Gasteiger charge is 2.04. The lowest BCUT2D eigenvalue weighted by Crippen LogP contribution is -2.38. The Labute approximate surface area is 122 Å². The maximum absolute atomic E-state index is 11.6. The Morgan fingerprint density at radius 2 is 1.71 bits per heavy atom. The van der Waals surface area contributed by atoms with Gasteiger partial charge in [-0.2, -0.15) is 0 Å². The number of hydrazine groups is 1. The van der Waals surface area contributed by atoms with Crippen molar-refractivity contribution in [3.8, 4) is 11.5 Å². The van der Waals surface area contributed by atoms with Gasteiger partial charge in [-0.15, -0.1) is 0 Å². The van der Waals surface area contributed by atoms with Crippen LogP contribution in [-0.4, -0.2) is 17.6 Å². The number of phenolic OH excluding ortho intramolecular Hbond substituents is 1. The molecule has 0 aromatic heterocycles. The molecule has 3 N–H and O–H groups in total. The Balaban J connectivity index is 1.76. The molecule has 108 valence electrons. The first kappa shape index (κ1) is 14.5. The molecule has 0 radical (unpaired) electrons. The van der Waals surface area contributed by atoms with Gasteiger partial charge in [-0.3, -0.25) is 15.6 Å². The monoisotopic (exact) mass is 284 g/mol. The highest BCUT2D eigenvalue weighted by Crippen LogP contribution is 2.14. The minimum atomic E-state index is -0.321. The van der Waals surface area contributed by atoms with Gasteiger partial charge < -0.3 is 9.84 Å². The van der Waals surface area contributed by atoms with Crippen LogP contribution in [0.2, 0.25) is 0 Å². The number of carbonyl (C=O) groups is 1. The number of aromatic hydroxyl groups is 1. The van der Waals surface area contributed by atoms with Crippen LogP contribution < -0.4 is 15.6 Å². The normalized spacial score (nSPS) is 9.71. The number of hydrogen-bond acceptors (Lipinski definition) is 4. The molecule has 2 aromatic carbocycles. The molecule has 0 spiro atoms. The Morgan fingerprint density at radius 1 is 1.05 bits per heavy atom. The van der Waals surface area contributed by atoms with E-state index in [2.05, 4.69) is 17.4 Å². The van der Waals surface area contributed by atoms with Gasteiger partial charge in [-0.1, -0.05) is 24.8 Å².